The molecule has 4 heteroatoms. The first-order valence-corrected chi connectivity index (χ1v) is 4.81. The highest BCUT2D eigenvalue weighted by atomic mass is 19.4. The molecule has 0 N–H and O–H groups in total. The fourth-order valence-electron chi connectivity index (χ4n) is 1.59. The molecular weight excluding hydrogens is 193 g/mol. The molecule has 0 aliphatic heterocycles. The van der Waals surface area contributed by atoms with Crippen molar-refractivity contribution in [2.24, 2.45) is 0 Å². The van der Waals surface area contributed by atoms with E-state index in [1.165, 1.54) is 0 Å². The van der Waals surface area contributed by atoms with Gasteiger partial charge >= 0.3 is 6.18 Å². The molecule has 0 saturated heterocycles. The molecule has 0 heterocycles. The van der Waals surface area contributed by atoms with Crippen molar-refractivity contribution >= 4 is 5.78 Å². The van der Waals surface area contributed by atoms with Crippen molar-refractivity contribution < 1.29 is 18.0 Å². The molecule has 0 aromatic rings. The summed E-state index contributed by atoms with van der Waals surface area (Å²) in [5, 5.41) is 0. The van der Waals surface area contributed by atoms with Crippen molar-refractivity contribution in [1.82, 2.24) is 0 Å². The molecule has 1 saturated carbocycles. The van der Waals surface area contributed by atoms with Gasteiger partial charge in [-0.15, -0.1) is 0 Å². The number of ketones is 1. The van der Waals surface area contributed by atoms with Crippen LogP contribution in [0.25, 0.3) is 0 Å². The lowest BCUT2D eigenvalue weighted by molar-refractivity contribution is -0.165. The normalized spacial score (nSPS) is 18.9. The molecule has 80 valence electrons. The van der Waals surface area contributed by atoms with E-state index in [1.807, 2.05) is 0 Å². The number of carbonyl (C=O) groups excluding carboxylic acids is 1. The summed E-state index contributed by atoms with van der Waals surface area (Å²) in [5.41, 5.74) is 0.657. The van der Waals surface area contributed by atoms with Crippen LogP contribution >= 0.6 is 0 Å². The van der Waals surface area contributed by atoms with Gasteiger partial charge in [-0.1, -0.05) is 18.4 Å². The van der Waals surface area contributed by atoms with E-state index in [-0.39, 0.29) is 0 Å². The fourth-order valence-corrected chi connectivity index (χ4v) is 1.59. The highest BCUT2D eigenvalue weighted by Crippen LogP contribution is 2.24. The lowest BCUT2D eigenvalue weighted by Crippen LogP contribution is -2.20. The average Bonchev–Trinajstić information content (AvgIpc) is 2.31. The second-order valence-electron chi connectivity index (χ2n) is 3.58. The Morgan fingerprint density at radius 2 is 1.57 bits per heavy atom. The van der Waals surface area contributed by atoms with Crippen molar-refractivity contribution in [3.8, 4) is 0 Å². The molecule has 0 unspecified atom stereocenters. The van der Waals surface area contributed by atoms with E-state index in [0.29, 0.717) is 18.4 Å². The molecule has 1 rings (SSSR count). The van der Waals surface area contributed by atoms with Gasteiger partial charge in [0.1, 0.15) is 0 Å². The predicted octanol–water partition coefficient (Wildman–Crippen LogP) is 3.40. The van der Waals surface area contributed by atoms with Gasteiger partial charge in [0.05, 0.1) is 0 Å². The molecule has 0 spiro atoms. The monoisotopic (exact) mass is 206 g/mol. The Hall–Kier alpha value is -0.800. The summed E-state index contributed by atoms with van der Waals surface area (Å²) in [6.45, 7) is 0. The highest BCUT2D eigenvalue weighted by Gasteiger charge is 2.36. The van der Waals surface area contributed by atoms with E-state index in [4.69, 9.17) is 0 Å². The van der Waals surface area contributed by atoms with Gasteiger partial charge in [0.15, 0.2) is 0 Å². The number of rotatable bonds is 1. The minimum Gasteiger partial charge on any atom is -0.285 e. The fraction of sp³-hybridized carbons (Fsp3) is 0.700. The summed E-state index contributed by atoms with van der Waals surface area (Å²) in [5.74, 6) is -1.71. The predicted molar refractivity (Wildman–Crippen MR) is 46.8 cm³/mol. The van der Waals surface area contributed by atoms with Gasteiger partial charge in [-0.2, -0.15) is 13.2 Å². The Morgan fingerprint density at radius 1 is 1.07 bits per heavy atom. The van der Waals surface area contributed by atoms with Crippen LogP contribution in [0.1, 0.15) is 38.5 Å². The summed E-state index contributed by atoms with van der Waals surface area (Å²) < 4.78 is 35.7. The van der Waals surface area contributed by atoms with E-state index in [1.54, 1.807) is 0 Å². The van der Waals surface area contributed by atoms with Crippen LogP contribution in [0.2, 0.25) is 0 Å². The van der Waals surface area contributed by atoms with Crippen LogP contribution in [0.5, 0.6) is 0 Å². The second kappa shape index (κ2) is 4.62. The van der Waals surface area contributed by atoms with Crippen LogP contribution in [0.3, 0.4) is 0 Å². The van der Waals surface area contributed by atoms with Crippen molar-refractivity contribution in [3.05, 3.63) is 11.6 Å². The van der Waals surface area contributed by atoms with Gasteiger partial charge in [-0.3, -0.25) is 4.79 Å². The third-order valence-corrected chi connectivity index (χ3v) is 2.36. The number of hydrogen-bond donors (Lipinski definition) is 0. The Balaban J connectivity index is 2.61. The zero-order valence-corrected chi connectivity index (χ0v) is 7.86. The molecule has 1 fully saturated rings. The Bertz CT molecular complexity index is 230. The molecular formula is C10H13F3O. The molecule has 0 bridgehead atoms. The smallest absolute Gasteiger partial charge is 0.285 e. The minimum absolute atomic E-state index is 0.641. The van der Waals surface area contributed by atoms with Crippen molar-refractivity contribution in [1.29, 1.82) is 0 Å². The zero-order chi connectivity index (χ0) is 10.6. The average molecular weight is 206 g/mol. The van der Waals surface area contributed by atoms with E-state index in [2.05, 4.69) is 0 Å². The highest BCUT2D eigenvalue weighted by molar-refractivity contribution is 5.94. The van der Waals surface area contributed by atoms with Gasteiger partial charge in [-0.05, 0) is 31.8 Å². The quantitative estimate of drug-likeness (QED) is 0.474. The first-order chi connectivity index (χ1) is 6.50. The van der Waals surface area contributed by atoms with Crippen LogP contribution in [0, 0.1) is 0 Å². The van der Waals surface area contributed by atoms with E-state index < -0.39 is 12.0 Å². The van der Waals surface area contributed by atoms with Crippen molar-refractivity contribution in [3.63, 3.8) is 0 Å². The molecule has 1 aliphatic carbocycles. The summed E-state index contributed by atoms with van der Waals surface area (Å²) in [6.07, 6.45) is 1.26. The summed E-state index contributed by atoms with van der Waals surface area (Å²) in [4.78, 5) is 10.6. The summed E-state index contributed by atoms with van der Waals surface area (Å²) in [6, 6.07) is 0. The van der Waals surface area contributed by atoms with E-state index in [0.717, 1.165) is 31.8 Å². The van der Waals surface area contributed by atoms with Gasteiger partial charge in [0, 0.05) is 0 Å². The maximum atomic E-state index is 11.9. The SMILES string of the molecule is O=C(C=C1CCCCCC1)C(F)(F)F. The molecule has 0 radical (unpaired) electrons. The van der Waals surface area contributed by atoms with E-state index >= 15 is 0 Å². The lowest BCUT2D eigenvalue weighted by Gasteiger charge is -2.04. The molecule has 0 amide bonds. The van der Waals surface area contributed by atoms with Crippen LogP contribution < -0.4 is 0 Å². The third-order valence-electron chi connectivity index (χ3n) is 2.36. The molecule has 14 heavy (non-hydrogen) atoms. The van der Waals surface area contributed by atoms with Gasteiger partial charge in [0.2, 0.25) is 0 Å². The molecule has 1 nitrogen and oxygen atoms in total. The number of alkyl halides is 3. The molecule has 0 atom stereocenters. The minimum atomic E-state index is -4.71. The second-order valence-corrected chi connectivity index (χ2v) is 3.58. The van der Waals surface area contributed by atoms with Crippen LogP contribution in [-0.4, -0.2) is 12.0 Å². The Kier molecular flexibility index (Phi) is 3.72. The molecule has 1 aliphatic rings. The number of halogens is 3. The lowest BCUT2D eigenvalue weighted by atomic mass is 10.1. The Morgan fingerprint density at radius 3 is 2.00 bits per heavy atom. The number of carbonyl (C=O) groups is 1. The Labute approximate surface area is 81.0 Å². The van der Waals surface area contributed by atoms with Gasteiger partial charge < -0.3 is 0 Å². The number of allylic oxidation sites excluding steroid dienone is 2. The topological polar surface area (TPSA) is 17.1 Å². The maximum absolute atomic E-state index is 11.9. The largest absolute Gasteiger partial charge is 0.454 e. The summed E-state index contributed by atoms with van der Waals surface area (Å²) >= 11 is 0. The summed E-state index contributed by atoms with van der Waals surface area (Å²) in [7, 11) is 0. The standard InChI is InChI=1S/C10H13F3O/c11-10(12,13)9(14)7-8-5-3-1-2-4-6-8/h7H,1-6H2. The molecule has 0 aromatic heterocycles. The number of hydrogen-bond acceptors (Lipinski definition) is 1. The zero-order valence-electron chi connectivity index (χ0n) is 7.86. The van der Waals surface area contributed by atoms with Gasteiger partial charge in [0.25, 0.3) is 5.78 Å². The maximum Gasteiger partial charge on any atom is 0.454 e. The first-order valence-electron chi connectivity index (χ1n) is 4.81. The van der Waals surface area contributed by atoms with Crippen LogP contribution in [0.15, 0.2) is 11.6 Å². The molecule has 0 aromatic carbocycles. The van der Waals surface area contributed by atoms with Gasteiger partial charge in [-0.25, -0.2) is 0 Å². The first kappa shape index (κ1) is 11.3. The van der Waals surface area contributed by atoms with Crippen molar-refractivity contribution in [2.45, 2.75) is 44.7 Å². The van der Waals surface area contributed by atoms with Crippen LogP contribution in [0.4, 0.5) is 13.2 Å². The van der Waals surface area contributed by atoms with Crippen molar-refractivity contribution in [2.75, 3.05) is 0 Å². The van der Waals surface area contributed by atoms with Crippen LogP contribution in [-0.2, 0) is 4.79 Å². The third kappa shape index (κ3) is 3.52. The van der Waals surface area contributed by atoms with E-state index in [9.17, 15) is 18.0 Å².